The van der Waals surface area contributed by atoms with Crippen molar-refractivity contribution in [2.45, 2.75) is 32.4 Å². The summed E-state index contributed by atoms with van der Waals surface area (Å²) in [6.45, 7) is 6.59. The van der Waals surface area contributed by atoms with Crippen LogP contribution < -0.4 is 10.1 Å². The molecule has 1 aromatic carbocycles. The third kappa shape index (κ3) is 4.78. The van der Waals surface area contributed by atoms with Crippen molar-refractivity contribution in [2.24, 2.45) is 0 Å². The van der Waals surface area contributed by atoms with E-state index in [1.807, 2.05) is 19.1 Å². The second kappa shape index (κ2) is 8.25. The molecule has 4 nitrogen and oxygen atoms in total. The third-order valence-corrected chi connectivity index (χ3v) is 3.67. The van der Waals surface area contributed by atoms with Crippen LogP contribution in [0, 0.1) is 0 Å². The lowest BCUT2D eigenvalue weighted by Gasteiger charge is -2.25. The lowest BCUT2D eigenvalue weighted by atomic mass is 10.1. The molecule has 1 aliphatic heterocycles. The van der Waals surface area contributed by atoms with Crippen LogP contribution in [0.2, 0.25) is 0 Å². The van der Waals surface area contributed by atoms with Crippen molar-refractivity contribution in [3.63, 3.8) is 0 Å². The molecule has 1 fully saturated rings. The van der Waals surface area contributed by atoms with Gasteiger partial charge >= 0.3 is 0 Å². The zero-order chi connectivity index (χ0) is 14.2. The summed E-state index contributed by atoms with van der Waals surface area (Å²) in [5.41, 5.74) is 1.24. The molecular weight excluding hydrogens is 252 g/mol. The van der Waals surface area contributed by atoms with Crippen molar-refractivity contribution >= 4 is 0 Å². The molecule has 0 spiro atoms. The molecule has 0 amide bonds. The maximum atomic E-state index is 9.24. The van der Waals surface area contributed by atoms with Gasteiger partial charge in [-0.15, -0.1) is 0 Å². The molecule has 2 N–H and O–H groups in total. The van der Waals surface area contributed by atoms with Gasteiger partial charge < -0.3 is 15.2 Å². The Bertz CT molecular complexity index is 392. The molecule has 112 valence electrons. The van der Waals surface area contributed by atoms with Gasteiger partial charge in [-0.3, -0.25) is 4.90 Å². The first-order valence-corrected chi connectivity index (χ1v) is 7.60. The van der Waals surface area contributed by atoms with Gasteiger partial charge in [0, 0.05) is 25.7 Å². The van der Waals surface area contributed by atoms with Crippen LogP contribution in [-0.4, -0.2) is 48.9 Å². The molecule has 20 heavy (non-hydrogen) atoms. The third-order valence-electron chi connectivity index (χ3n) is 3.67. The van der Waals surface area contributed by atoms with Crippen molar-refractivity contribution in [1.82, 2.24) is 10.2 Å². The lowest BCUT2D eigenvalue weighted by Crippen LogP contribution is -2.38. The zero-order valence-electron chi connectivity index (χ0n) is 12.3. The predicted octanol–water partition coefficient (Wildman–Crippen LogP) is 1.63. The van der Waals surface area contributed by atoms with Gasteiger partial charge in [0.2, 0.25) is 0 Å². The van der Waals surface area contributed by atoms with Gasteiger partial charge in [-0.05, 0) is 44.0 Å². The quantitative estimate of drug-likeness (QED) is 0.759. The van der Waals surface area contributed by atoms with Crippen LogP contribution in [0.4, 0.5) is 0 Å². The minimum Gasteiger partial charge on any atom is -0.494 e. The Labute approximate surface area is 121 Å². The van der Waals surface area contributed by atoms with Crippen molar-refractivity contribution < 1.29 is 9.84 Å². The minimum absolute atomic E-state index is 0.206. The second-order valence-corrected chi connectivity index (χ2v) is 5.33. The monoisotopic (exact) mass is 278 g/mol. The van der Waals surface area contributed by atoms with E-state index in [1.165, 1.54) is 18.4 Å². The number of aliphatic hydroxyl groups excluding tert-OH is 1. The molecule has 0 aliphatic carbocycles. The van der Waals surface area contributed by atoms with Gasteiger partial charge in [0.15, 0.2) is 0 Å². The Balaban J connectivity index is 1.93. The van der Waals surface area contributed by atoms with Crippen LogP contribution in [0.3, 0.4) is 0 Å². The van der Waals surface area contributed by atoms with E-state index in [0.29, 0.717) is 12.6 Å². The van der Waals surface area contributed by atoms with Crippen molar-refractivity contribution in [3.8, 4) is 5.75 Å². The van der Waals surface area contributed by atoms with Crippen molar-refractivity contribution in [1.29, 1.82) is 0 Å². The van der Waals surface area contributed by atoms with E-state index in [0.717, 1.165) is 31.9 Å². The summed E-state index contributed by atoms with van der Waals surface area (Å²) in [7, 11) is 0. The lowest BCUT2D eigenvalue weighted by molar-refractivity contribution is 0.179. The molecule has 4 heteroatoms. The fraction of sp³-hybridized carbons (Fsp3) is 0.625. The number of aliphatic hydroxyl groups is 1. The molecule has 0 saturated carbocycles. The largest absolute Gasteiger partial charge is 0.494 e. The number of hydrogen-bond acceptors (Lipinski definition) is 4. The highest BCUT2D eigenvalue weighted by molar-refractivity contribution is 5.28. The highest BCUT2D eigenvalue weighted by Gasteiger charge is 2.17. The Hall–Kier alpha value is -1.10. The number of rotatable bonds is 8. The molecule has 0 aromatic heterocycles. The first kappa shape index (κ1) is 15.3. The smallest absolute Gasteiger partial charge is 0.119 e. The Kier molecular flexibility index (Phi) is 6.30. The maximum Gasteiger partial charge on any atom is 0.119 e. The Morgan fingerprint density at radius 3 is 3.05 bits per heavy atom. The maximum absolute atomic E-state index is 9.24. The van der Waals surface area contributed by atoms with Crippen LogP contribution in [0.25, 0.3) is 0 Å². The van der Waals surface area contributed by atoms with E-state index in [-0.39, 0.29) is 6.61 Å². The van der Waals surface area contributed by atoms with Crippen LogP contribution in [0.1, 0.15) is 25.3 Å². The summed E-state index contributed by atoms with van der Waals surface area (Å²) in [6.07, 6.45) is 2.50. The topological polar surface area (TPSA) is 44.7 Å². The van der Waals surface area contributed by atoms with Crippen molar-refractivity contribution in [2.75, 3.05) is 32.8 Å². The standard InChI is InChI=1S/C16H26N2O2/c1-2-20-16-7-3-5-14(11-16)12-18(9-10-19)13-15-6-4-8-17-15/h3,5,7,11,15,17,19H,2,4,6,8-10,12-13H2,1H3. The van der Waals surface area contributed by atoms with Crippen LogP contribution in [0.5, 0.6) is 5.75 Å². The number of nitrogens with one attached hydrogen (secondary N) is 1. The van der Waals surface area contributed by atoms with E-state index in [9.17, 15) is 5.11 Å². The summed E-state index contributed by atoms with van der Waals surface area (Å²) in [6, 6.07) is 8.80. The van der Waals surface area contributed by atoms with Gasteiger partial charge in [0.05, 0.1) is 13.2 Å². The van der Waals surface area contributed by atoms with E-state index in [2.05, 4.69) is 22.3 Å². The molecule has 1 aromatic rings. The van der Waals surface area contributed by atoms with Gasteiger partial charge in [-0.25, -0.2) is 0 Å². The number of hydrogen-bond donors (Lipinski definition) is 2. The number of ether oxygens (including phenoxy) is 1. The summed E-state index contributed by atoms with van der Waals surface area (Å²) in [5, 5.41) is 12.8. The molecule has 0 bridgehead atoms. The van der Waals surface area contributed by atoms with E-state index in [4.69, 9.17) is 4.74 Å². The summed E-state index contributed by atoms with van der Waals surface area (Å²) >= 11 is 0. The average Bonchev–Trinajstić information content (AvgIpc) is 2.93. The van der Waals surface area contributed by atoms with Crippen LogP contribution in [0.15, 0.2) is 24.3 Å². The fourth-order valence-electron chi connectivity index (χ4n) is 2.76. The molecule has 1 unspecified atom stereocenters. The molecule has 1 atom stereocenters. The zero-order valence-corrected chi connectivity index (χ0v) is 12.3. The highest BCUT2D eigenvalue weighted by Crippen LogP contribution is 2.16. The number of nitrogens with zero attached hydrogens (tertiary/aromatic N) is 1. The second-order valence-electron chi connectivity index (χ2n) is 5.33. The number of benzene rings is 1. The summed E-state index contributed by atoms with van der Waals surface area (Å²) in [4.78, 5) is 2.31. The molecule has 1 heterocycles. The van der Waals surface area contributed by atoms with Gasteiger partial charge in [0.1, 0.15) is 5.75 Å². The minimum atomic E-state index is 0.206. The van der Waals surface area contributed by atoms with Gasteiger partial charge in [-0.1, -0.05) is 12.1 Å². The molecule has 2 rings (SSSR count). The first-order chi connectivity index (χ1) is 9.81. The normalized spacial score (nSPS) is 18.6. The SMILES string of the molecule is CCOc1cccc(CN(CCO)CC2CCCN2)c1. The fourth-order valence-corrected chi connectivity index (χ4v) is 2.76. The first-order valence-electron chi connectivity index (χ1n) is 7.60. The highest BCUT2D eigenvalue weighted by atomic mass is 16.5. The van der Waals surface area contributed by atoms with E-state index >= 15 is 0 Å². The predicted molar refractivity (Wildman–Crippen MR) is 81.0 cm³/mol. The summed E-state index contributed by atoms with van der Waals surface area (Å²) in [5.74, 6) is 0.924. The molecule has 1 aliphatic rings. The van der Waals surface area contributed by atoms with E-state index in [1.54, 1.807) is 0 Å². The van der Waals surface area contributed by atoms with Gasteiger partial charge in [-0.2, -0.15) is 0 Å². The summed E-state index contributed by atoms with van der Waals surface area (Å²) < 4.78 is 5.54. The average molecular weight is 278 g/mol. The molecular formula is C16H26N2O2. The Morgan fingerprint density at radius 2 is 2.35 bits per heavy atom. The van der Waals surface area contributed by atoms with Crippen LogP contribution in [-0.2, 0) is 6.54 Å². The van der Waals surface area contributed by atoms with Gasteiger partial charge in [0.25, 0.3) is 0 Å². The van der Waals surface area contributed by atoms with Crippen molar-refractivity contribution in [3.05, 3.63) is 29.8 Å². The Morgan fingerprint density at radius 1 is 1.45 bits per heavy atom. The van der Waals surface area contributed by atoms with E-state index < -0.39 is 0 Å². The van der Waals surface area contributed by atoms with Crippen LogP contribution >= 0.6 is 0 Å². The molecule has 1 saturated heterocycles. The molecule has 0 radical (unpaired) electrons.